The van der Waals surface area contributed by atoms with Gasteiger partial charge in [0.25, 0.3) is 0 Å². The Bertz CT molecular complexity index is 870. The summed E-state index contributed by atoms with van der Waals surface area (Å²) >= 11 is 3.20. The van der Waals surface area contributed by atoms with E-state index in [-0.39, 0.29) is 11.7 Å². The summed E-state index contributed by atoms with van der Waals surface area (Å²) in [6.45, 7) is 0. The Labute approximate surface area is 122 Å². The third kappa shape index (κ3) is 1.48. The molecule has 1 fully saturated rings. The molecule has 2 heterocycles. The average molecular weight is 336 g/mol. The molecule has 4 nitrogen and oxygen atoms in total. The van der Waals surface area contributed by atoms with Gasteiger partial charge in [0.15, 0.2) is 0 Å². The largest absolute Gasteiger partial charge is 0.494 e. The average Bonchev–Trinajstić information content (AvgIpc) is 3.20. The summed E-state index contributed by atoms with van der Waals surface area (Å²) in [4.78, 5) is 4.44. The Morgan fingerprint density at radius 3 is 2.85 bits per heavy atom. The summed E-state index contributed by atoms with van der Waals surface area (Å²) in [5, 5.41) is 11.5. The zero-order valence-corrected chi connectivity index (χ0v) is 12.0. The first kappa shape index (κ1) is 12.0. The molecule has 0 aliphatic heterocycles. The minimum Gasteiger partial charge on any atom is -0.494 e. The molecule has 0 bridgehead atoms. The van der Waals surface area contributed by atoms with E-state index in [4.69, 9.17) is 5.73 Å². The first-order valence-electron chi connectivity index (χ1n) is 6.34. The van der Waals surface area contributed by atoms with Gasteiger partial charge in [-0.2, -0.15) is 0 Å². The van der Waals surface area contributed by atoms with Crippen LogP contribution in [0.3, 0.4) is 0 Å². The molecule has 102 valence electrons. The fraction of sp³-hybridized carbons (Fsp3) is 0.214. The van der Waals surface area contributed by atoms with E-state index in [1.54, 1.807) is 16.8 Å². The minimum atomic E-state index is -0.380. The van der Waals surface area contributed by atoms with Crippen LogP contribution < -0.4 is 5.73 Å². The van der Waals surface area contributed by atoms with Crippen LogP contribution in [0.4, 0.5) is 10.1 Å². The van der Waals surface area contributed by atoms with Crippen molar-refractivity contribution in [1.29, 1.82) is 0 Å². The van der Waals surface area contributed by atoms with E-state index < -0.39 is 0 Å². The second kappa shape index (κ2) is 3.85. The number of rotatable bonds is 1. The Balaban J connectivity index is 2.16. The van der Waals surface area contributed by atoms with Crippen molar-refractivity contribution in [3.05, 3.63) is 28.6 Å². The molecule has 0 spiro atoms. The van der Waals surface area contributed by atoms with E-state index in [1.807, 2.05) is 0 Å². The molecular formula is C14H11BrFN3O. The predicted octanol–water partition coefficient (Wildman–Crippen LogP) is 3.71. The Hall–Kier alpha value is -1.82. The normalized spacial score (nSPS) is 15.3. The zero-order chi connectivity index (χ0) is 14.0. The van der Waals surface area contributed by atoms with Crippen LogP contribution >= 0.6 is 15.9 Å². The molecule has 1 aliphatic rings. The molecular weight excluding hydrogens is 325 g/mol. The molecule has 0 unspecified atom stereocenters. The molecule has 0 radical (unpaired) electrons. The van der Waals surface area contributed by atoms with Crippen molar-refractivity contribution >= 4 is 43.4 Å². The van der Waals surface area contributed by atoms with E-state index in [1.165, 1.54) is 6.07 Å². The van der Waals surface area contributed by atoms with Crippen molar-refractivity contribution in [1.82, 2.24) is 9.55 Å². The Morgan fingerprint density at radius 2 is 2.15 bits per heavy atom. The first-order valence-corrected chi connectivity index (χ1v) is 7.14. The van der Waals surface area contributed by atoms with Gasteiger partial charge in [-0.3, -0.25) is 0 Å². The highest BCUT2D eigenvalue weighted by molar-refractivity contribution is 9.10. The van der Waals surface area contributed by atoms with E-state index >= 15 is 0 Å². The number of aromatic nitrogens is 2. The quantitative estimate of drug-likeness (QED) is 0.712. The lowest BCUT2D eigenvalue weighted by atomic mass is 10.1. The molecule has 3 N–H and O–H groups in total. The number of nitrogens with two attached hydrogens (primary N) is 1. The number of hydrogen-bond donors (Lipinski definition) is 2. The fourth-order valence-electron chi connectivity index (χ4n) is 2.60. The van der Waals surface area contributed by atoms with Crippen molar-refractivity contribution < 1.29 is 9.50 Å². The Kier molecular flexibility index (Phi) is 2.30. The van der Waals surface area contributed by atoms with Gasteiger partial charge in [-0.1, -0.05) is 0 Å². The van der Waals surface area contributed by atoms with Gasteiger partial charge < -0.3 is 15.4 Å². The number of pyridine rings is 1. The SMILES string of the molecule is Nc1c2ccc(F)c(Br)c2nc2cn(C3CC3)c(O)c12. The molecule has 0 amide bonds. The summed E-state index contributed by atoms with van der Waals surface area (Å²) in [7, 11) is 0. The summed E-state index contributed by atoms with van der Waals surface area (Å²) in [5.74, 6) is -0.232. The van der Waals surface area contributed by atoms with Crippen LogP contribution in [0.2, 0.25) is 0 Å². The molecule has 2 aromatic heterocycles. The van der Waals surface area contributed by atoms with E-state index in [9.17, 15) is 9.50 Å². The number of nitrogen functional groups attached to an aromatic ring is 1. The topological polar surface area (TPSA) is 64.1 Å². The van der Waals surface area contributed by atoms with Crippen molar-refractivity contribution in [2.45, 2.75) is 18.9 Å². The molecule has 1 saturated carbocycles. The lowest BCUT2D eigenvalue weighted by Crippen LogP contribution is -1.93. The maximum atomic E-state index is 13.6. The summed E-state index contributed by atoms with van der Waals surface area (Å²) in [6.07, 6.45) is 3.88. The van der Waals surface area contributed by atoms with Crippen LogP contribution in [-0.4, -0.2) is 14.7 Å². The van der Waals surface area contributed by atoms with Crippen LogP contribution in [0.25, 0.3) is 21.8 Å². The van der Waals surface area contributed by atoms with Crippen LogP contribution in [0.5, 0.6) is 5.88 Å². The number of aromatic hydroxyl groups is 1. The second-order valence-electron chi connectivity index (χ2n) is 5.13. The highest BCUT2D eigenvalue weighted by atomic mass is 79.9. The summed E-state index contributed by atoms with van der Waals surface area (Å²) in [5.41, 5.74) is 7.65. The van der Waals surface area contributed by atoms with Gasteiger partial charge in [0, 0.05) is 17.6 Å². The molecule has 6 heteroatoms. The highest BCUT2D eigenvalue weighted by Gasteiger charge is 2.28. The van der Waals surface area contributed by atoms with Gasteiger partial charge in [-0.15, -0.1) is 0 Å². The number of anilines is 1. The molecule has 1 aliphatic carbocycles. The first-order chi connectivity index (χ1) is 9.58. The van der Waals surface area contributed by atoms with Crippen LogP contribution in [0.15, 0.2) is 22.8 Å². The lowest BCUT2D eigenvalue weighted by molar-refractivity contribution is 0.424. The third-order valence-electron chi connectivity index (χ3n) is 3.79. The number of hydrogen-bond acceptors (Lipinski definition) is 3. The molecule has 20 heavy (non-hydrogen) atoms. The summed E-state index contributed by atoms with van der Waals surface area (Å²) in [6, 6.07) is 3.25. The summed E-state index contributed by atoms with van der Waals surface area (Å²) < 4.78 is 15.7. The van der Waals surface area contributed by atoms with Gasteiger partial charge in [-0.05, 0) is 40.9 Å². The maximum Gasteiger partial charge on any atom is 0.203 e. The molecule has 1 aromatic carbocycles. The predicted molar refractivity (Wildman–Crippen MR) is 79.2 cm³/mol. The smallest absolute Gasteiger partial charge is 0.203 e. The van der Waals surface area contributed by atoms with Crippen LogP contribution in [0, 0.1) is 5.82 Å². The monoisotopic (exact) mass is 335 g/mol. The number of fused-ring (bicyclic) bond motifs is 2. The van der Waals surface area contributed by atoms with Gasteiger partial charge in [0.05, 0.1) is 26.6 Å². The third-order valence-corrected chi connectivity index (χ3v) is 4.54. The van der Waals surface area contributed by atoms with Crippen molar-refractivity contribution in [2.75, 3.05) is 5.73 Å². The standard InChI is InChI=1S/C14H11BrFN3O/c15-11-8(16)4-3-7-12(17)10-9(18-13(7)11)5-19(14(10)20)6-1-2-6/h3-6,20H,1-2,17H2. The van der Waals surface area contributed by atoms with Crippen molar-refractivity contribution in [3.63, 3.8) is 0 Å². The second-order valence-corrected chi connectivity index (χ2v) is 5.93. The van der Waals surface area contributed by atoms with Crippen molar-refractivity contribution in [2.24, 2.45) is 0 Å². The van der Waals surface area contributed by atoms with Crippen LogP contribution in [0.1, 0.15) is 18.9 Å². The lowest BCUT2D eigenvalue weighted by Gasteiger charge is -2.06. The van der Waals surface area contributed by atoms with Gasteiger partial charge >= 0.3 is 0 Å². The number of halogens is 2. The van der Waals surface area contributed by atoms with Crippen LogP contribution in [-0.2, 0) is 0 Å². The van der Waals surface area contributed by atoms with Gasteiger partial charge in [-0.25, -0.2) is 9.37 Å². The van der Waals surface area contributed by atoms with E-state index in [2.05, 4.69) is 20.9 Å². The van der Waals surface area contributed by atoms with Gasteiger partial charge in [0.2, 0.25) is 5.88 Å². The highest BCUT2D eigenvalue weighted by Crippen LogP contribution is 2.44. The number of nitrogens with zero attached hydrogens (tertiary/aromatic N) is 2. The molecule has 4 rings (SSSR count). The Morgan fingerprint density at radius 1 is 1.40 bits per heavy atom. The molecule has 3 aromatic rings. The molecule has 0 saturated heterocycles. The minimum absolute atomic E-state index is 0.148. The van der Waals surface area contributed by atoms with E-state index in [0.29, 0.717) is 38.0 Å². The maximum absolute atomic E-state index is 13.6. The number of benzene rings is 1. The van der Waals surface area contributed by atoms with Gasteiger partial charge in [0.1, 0.15) is 5.82 Å². The fourth-order valence-corrected chi connectivity index (χ4v) is 3.03. The zero-order valence-electron chi connectivity index (χ0n) is 10.4. The van der Waals surface area contributed by atoms with Crippen molar-refractivity contribution in [3.8, 4) is 5.88 Å². The van der Waals surface area contributed by atoms with E-state index in [0.717, 1.165) is 12.8 Å². The molecule has 0 atom stereocenters.